The van der Waals surface area contributed by atoms with Crippen LogP contribution in [0.1, 0.15) is 37.8 Å². The second kappa shape index (κ2) is 15.0. The molecule has 8 heteroatoms. The molecule has 33 heavy (non-hydrogen) atoms. The van der Waals surface area contributed by atoms with Gasteiger partial charge < -0.3 is 24.8 Å². The Kier molecular flexibility index (Phi) is 11.9. The SMILES string of the molecule is CCOC(CCCNC(=O)[C@H](Cc1ccc(F)cc1)NC(=O)OCc1ccccc1)OCC. The molecule has 0 saturated heterocycles. The van der Waals surface area contributed by atoms with Crippen LogP contribution in [0.15, 0.2) is 54.6 Å². The lowest BCUT2D eigenvalue weighted by Crippen LogP contribution is -2.48. The van der Waals surface area contributed by atoms with Crippen molar-refractivity contribution in [2.24, 2.45) is 0 Å². The molecule has 2 N–H and O–H groups in total. The van der Waals surface area contributed by atoms with E-state index in [4.69, 9.17) is 14.2 Å². The molecule has 2 aromatic carbocycles. The minimum Gasteiger partial charge on any atom is -0.445 e. The molecular weight excluding hydrogens is 427 g/mol. The highest BCUT2D eigenvalue weighted by Crippen LogP contribution is 2.08. The van der Waals surface area contributed by atoms with E-state index < -0.39 is 12.1 Å². The molecule has 0 unspecified atom stereocenters. The molecule has 0 aliphatic carbocycles. The number of carbonyl (C=O) groups is 2. The number of ether oxygens (including phenoxy) is 3. The number of benzene rings is 2. The molecule has 0 aromatic heterocycles. The van der Waals surface area contributed by atoms with E-state index in [1.807, 2.05) is 44.2 Å². The molecule has 2 rings (SSSR count). The highest BCUT2D eigenvalue weighted by molar-refractivity contribution is 5.85. The predicted octanol–water partition coefficient (Wildman–Crippen LogP) is 3.96. The molecule has 180 valence electrons. The Bertz CT molecular complexity index is 826. The van der Waals surface area contributed by atoms with Crippen LogP contribution < -0.4 is 10.6 Å². The van der Waals surface area contributed by atoms with Crippen LogP contribution in [0, 0.1) is 5.82 Å². The zero-order valence-electron chi connectivity index (χ0n) is 19.2. The average Bonchev–Trinajstić information content (AvgIpc) is 2.82. The van der Waals surface area contributed by atoms with E-state index in [0.29, 0.717) is 38.2 Å². The van der Waals surface area contributed by atoms with Gasteiger partial charge in [0, 0.05) is 32.6 Å². The quantitative estimate of drug-likeness (QED) is 0.329. The third-order valence-corrected chi connectivity index (χ3v) is 4.80. The van der Waals surface area contributed by atoms with Gasteiger partial charge in [0.15, 0.2) is 6.29 Å². The summed E-state index contributed by atoms with van der Waals surface area (Å²) in [5.74, 6) is -0.714. The summed E-state index contributed by atoms with van der Waals surface area (Å²) in [4.78, 5) is 25.1. The Hall–Kier alpha value is -2.97. The summed E-state index contributed by atoms with van der Waals surface area (Å²) in [5.41, 5.74) is 1.55. The maximum absolute atomic E-state index is 13.2. The van der Waals surface area contributed by atoms with Crippen molar-refractivity contribution in [3.63, 3.8) is 0 Å². The fraction of sp³-hybridized carbons (Fsp3) is 0.440. The van der Waals surface area contributed by atoms with E-state index in [-0.39, 0.29) is 31.0 Å². The molecule has 0 saturated carbocycles. The van der Waals surface area contributed by atoms with Crippen LogP contribution in [0.4, 0.5) is 9.18 Å². The van der Waals surface area contributed by atoms with Crippen molar-refractivity contribution in [2.75, 3.05) is 19.8 Å². The number of carbonyl (C=O) groups excluding carboxylic acids is 2. The predicted molar refractivity (Wildman–Crippen MR) is 123 cm³/mol. The van der Waals surface area contributed by atoms with Crippen molar-refractivity contribution in [2.45, 2.75) is 52.0 Å². The van der Waals surface area contributed by atoms with Gasteiger partial charge in [0.1, 0.15) is 18.5 Å². The number of rotatable bonds is 14. The van der Waals surface area contributed by atoms with Crippen molar-refractivity contribution < 1.29 is 28.2 Å². The standard InChI is InChI=1S/C25H33FN2O5/c1-3-31-23(32-4-2)11-8-16-27-24(29)22(17-19-12-14-21(26)15-13-19)28-25(30)33-18-20-9-6-5-7-10-20/h5-7,9-10,12-15,22-23H,3-4,8,11,16-18H2,1-2H3,(H,27,29)(H,28,30)/t22-/m0/s1. The first-order valence-electron chi connectivity index (χ1n) is 11.2. The van der Waals surface area contributed by atoms with Gasteiger partial charge in [-0.1, -0.05) is 42.5 Å². The second-order valence-corrected chi connectivity index (χ2v) is 7.36. The zero-order valence-corrected chi connectivity index (χ0v) is 19.2. The van der Waals surface area contributed by atoms with Gasteiger partial charge in [-0.15, -0.1) is 0 Å². The second-order valence-electron chi connectivity index (χ2n) is 7.36. The molecule has 0 fully saturated rings. The molecule has 0 spiro atoms. The smallest absolute Gasteiger partial charge is 0.408 e. The minimum absolute atomic E-state index is 0.0911. The first kappa shape index (κ1) is 26.3. The molecule has 2 aromatic rings. The largest absolute Gasteiger partial charge is 0.445 e. The van der Waals surface area contributed by atoms with Gasteiger partial charge in [0.25, 0.3) is 0 Å². The van der Waals surface area contributed by atoms with Crippen LogP contribution >= 0.6 is 0 Å². The first-order chi connectivity index (χ1) is 16.0. The van der Waals surface area contributed by atoms with Gasteiger partial charge in [-0.05, 0) is 43.5 Å². The molecule has 0 aliphatic rings. The van der Waals surface area contributed by atoms with Crippen LogP contribution in [-0.4, -0.2) is 44.1 Å². The van der Waals surface area contributed by atoms with E-state index in [2.05, 4.69) is 10.6 Å². The topological polar surface area (TPSA) is 85.9 Å². The van der Waals surface area contributed by atoms with E-state index in [1.54, 1.807) is 12.1 Å². The van der Waals surface area contributed by atoms with Crippen molar-refractivity contribution in [1.29, 1.82) is 0 Å². The van der Waals surface area contributed by atoms with Crippen LogP contribution in [-0.2, 0) is 32.0 Å². The van der Waals surface area contributed by atoms with Crippen molar-refractivity contribution >= 4 is 12.0 Å². The van der Waals surface area contributed by atoms with Crippen LogP contribution in [0.2, 0.25) is 0 Å². The Morgan fingerprint density at radius 2 is 1.61 bits per heavy atom. The molecule has 1 atom stereocenters. The Labute approximate surface area is 194 Å². The summed E-state index contributed by atoms with van der Waals surface area (Å²) in [7, 11) is 0. The summed E-state index contributed by atoms with van der Waals surface area (Å²) in [6.07, 6.45) is 0.481. The summed E-state index contributed by atoms with van der Waals surface area (Å²) < 4.78 is 29.5. The van der Waals surface area contributed by atoms with Crippen molar-refractivity contribution in [1.82, 2.24) is 10.6 Å². The summed E-state index contributed by atoms with van der Waals surface area (Å²) in [5, 5.41) is 5.46. The average molecular weight is 461 g/mol. The lowest BCUT2D eigenvalue weighted by molar-refractivity contribution is -0.140. The number of amides is 2. The monoisotopic (exact) mass is 460 g/mol. The van der Waals surface area contributed by atoms with Gasteiger partial charge in [-0.2, -0.15) is 0 Å². The van der Waals surface area contributed by atoms with E-state index in [0.717, 1.165) is 5.56 Å². The zero-order chi connectivity index (χ0) is 23.9. The Morgan fingerprint density at radius 3 is 2.24 bits per heavy atom. The van der Waals surface area contributed by atoms with Gasteiger partial charge in [-0.3, -0.25) is 4.79 Å². The highest BCUT2D eigenvalue weighted by atomic mass is 19.1. The summed E-state index contributed by atoms with van der Waals surface area (Å²) >= 11 is 0. The van der Waals surface area contributed by atoms with Gasteiger partial charge in [-0.25, -0.2) is 9.18 Å². The van der Waals surface area contributed by atoms with Crippen LogP contribution in [0.3, 0.4) is 0 Å². The third kappa shape index (κ3) is 10.5. The lowest BCUT2D eigenvalue weighted by atomic mass is 10.1. The number of nitrogens with one attached hydrogen (secondary N) is 2. The fourth-order valence-corrected chi connectivity index (χ4v) is 3.16. The lowest BCUT2D eigenvalue weighted by Gasteiger charge is -2.20. The molecule has 0 bridgehead atoms. The van der Waals surface area contributed by atoms with E-state index >= 15 is 0 Å². The first-order valence-corrected chi connectivity index (χ1v) is 11.2. The van der Waals surface area contributed by atoms with E-state index in [1.165, 1.54) is 12.1 Å². The minimum atomic E-state index is -0.867. The summed E-state index contributed by atoms with van der Waals surface area (Å²) in [6.45, 7) is 5.38. The molecule has 0 radical (unpaired) electrons. The van der Waals surface area contributed by atoms with Crippen LogP contribution in [0.25, 0.3) is 0 Å². The Morgan fingerprint density at radius 1 is 0.939 bits per heavy atom. The highest BCUT2D eigenvalue weighted by Gasteiger charge is 2.22. The maximum Gasteiger partial charge on any atom is 0.408 e. The molecular formula is C25H33FN2O5. The van der Waals surface area contributed by atoms with Gasteiger partial charge in [0.2, 0.25) is 5.91 Å². The summed E-state index contributed by atoms with van der Waals surface area (Å²) in [6, 6.07) is 14.2. The number of alkyl carbamates (subject to hydrolysis) is 1. The molecule has 0 heterocycles. The maximum atomic E-state index is 13.2. The van der Waals surface area contributed by atoms with Gasteiger partial charge >= 0.3 is 6.09 Å². The van der Waals surface area contributed by atoms with E-state index in [9.17, 15) is 14.0 Å². The Balaban J connectivity index is 1.90. The molecule has 2 amide bonds. The third-order valence-electron chi connectivity index (χ3n) is 4.80. The van der Waals surface area contributed by atoms with Crippen molar-refractivity contribution in [3.8, 4) is 0 Å². The molecule has 7 nitrogen and oxygen atoms in total. The van der Waals surface area contributed by atoms with Gasteiger partial charge in [0.05, 0.1) is 0 Å². The van der Waals surface area contributed by atoms with Crippen molar-refractivity contribution in [3.05, 3.63) is 71.5 Å². The van der Waals surface area contributed by atoms with Crippen LogP contribution in [0.5, 0.6) is 0 Å². The number of hydrogen-bond acceptors (Lipinski definition) is 5. The fourth-order valence-electron chi connectivity index (χ4n) is 3.16. The molecule has 0 aliphatic heterocycles. The number of hydrogen-bond donors (Lipinski definition) is 2. The number of halogens is 1. The normalized spacial score (nSPS) is 11.8.